The maximum atomic E-state index is 10.2. The first-order valence-electron chi connectivity index (χ1n) is 4.82. The lowest BCUT2D eigenvalue weighted by atomic mass is 9.87. The number of amides is 1. The van der Waals surface area contributed by atoms with Gasteiger partial charge in [-0.15, -0.1) is 0 Å². The van der Waals surface area contributed by atoms with Gasteiger partial charge in [-0.2, -0.15) is 0 Å². The molecule has 1 rings (SSSR count). The molecular weight excluding hydrogens is 242 g/mol. The molecule has 0 unspecified atom stereocenters. The summed E-state index contributed by atoms with van der Waals surface area (Å²) in [6, 6.07) is 8.15. The lowest BCUT2D eigenvalue weighted by Gasteiger charge is -2.18. The number of carbonyl (C=O) groups is 1. The van der Waals surface area contributed by atoms with Gasteiger partial charge >= 0.3 is 6.09 Å². The zero-order valence-electron chi connectivity index (χ0n) is 9.48. The van der Waals surface area contributed by atoms with Crippen LogP contribution in [0.2, 0.25) is 0 Å². The van der Waals surface area contributed by atoms with Crippen molar-refractivity contribution in [3.8, 4) is 0 Å². The Bertz CT molecular complexity index is 357. The largest absolute Gasteiger partial charge is 0.464 e. The van der Waals surface area contributed by atoms with E-state index in [4.69, 9.17) is 5.11 Å². The maximum absolute atomic E-state index is 10.2. The molecule has 3 nitrogen and oxygen atoms in total. The summed E-state index contributed by atoms with van der Waals surface area (Å²) >= 11 is 0. The quantitative estimate of drug-likeness (QED) is 0.637. The van der Waals surface area contributed by atoms with Crippen molar-refractivity contribution in [3.05, 3.63) is 29.8 Å². The number of rotatable bonds is 3. The Balaban J connectivity index is 2.55. The molecule has 0 aliphatic carbocycles. The smallest absolute Gasteiger partial charge is 0.415 e. The van der Waals surface area contributed by atoms with E-state index >= 15 is 0 Å². The Hall–Kier alpha value is -0.810. The number of hydrogen-bond donors (Lipinski definition) is 2. The molecule has 2 N–H and O–H groups in total. The summed E-state index contributed by atoms with van der Waals surface area (Å²) in [6.07, 6.45) is -1.02. The number of carboxylic acid groups (broad SMARTS) is 1. The predicted molar refractivity (Wildman–Crippen MR) is 69.8 cm³/mol. The molecule has 0 saturated carbocycles. The van der Waals surface area contributed by atoms with Gasteiger partial charge in [-0.1, -0.05) is 32.9 Å². The first-order chi connectivity index (χ1) is 7.39. The number of hydrogen-bond acceptors (Lipinski definition) is 3. The maximum Gasteiger partial charge on any atom is 0.415 e. The Morgan fingerprint density at radius 1 is 1.25 bits per heavy atom. The molecule has 0 fully saturated rings. The molecule has 0 heterocycles. The summed E-state index contributed by atoms with van der Waals surface area (Å²) < 4.78 is 2.24. The van der Waals surface area contributed by atoms with Crippen LogP contribution in [0.15, 0.2) is 29.2 Å². The standard InChI is InChI=1S/C11H15NO2S2/c1-11(2,3)8-4-6-9(7-5-8)15-16-12-10(13)14/h4-7,12H,1-3H3,(H,13,14). The van der Waals surface area contributed by atoms with E-state index in [9.17, 15) is 4.79 Å². The van der Waals surface area contributed by atoms with Gasteiger partial charge in [0.1, 0.15) is 0 Å². The van der Waals surface area contributed by atoms with E-state index in [2.05, 4.69) is 37.6 Å². The fraction of sp³-hybridized carbons (Fsp3) is 0.364. The van der Waals surface area contributed by atoms with Crippen LogP contribution in [0.4, 0.5) is 4.79 Å². The van der Waals surface area contributed by atoms with Crippen molar-refractivity contribution >= 4 is 27.9 Å². The zero-order chi connectivity index (χ0) is 12.2. The van der Waals surface area contributed by atoms with Crippen LogP contribution in [-0.2, 0) is 5.41 Å². The molecule has 1 amide bonds. The lowest BCUT2D eigenvalue weighted by Crippen LogP contribution is -2.10. The molecule has 0 radical (unpaired) electrons. The molecule has 88 valence electrons. The van der Waals surface area contributed by atoms with E-state index in [-0.39, 0.29) is 5.41 Å². The zero-order valence-corrected chi connectivity index (χ0v) is 11.1. The molecule has 0 bridgehead atoms. The summed E-state index contributed by atoms with van der Waals surface area (Å²) in [4.78, 5) is 11.3. The lowest BCUT2D eigenvalue weighted by molar-refractivity contribution is 0.202. The van der Waals surface area contributed by atoms with E-state index in [0.29, 0.717) is 0 Å². The molecule has 0 aliphatic heterocycles. The Morgan fingerprint density at radius 3 is 2.25 bits per heavy atom. The van der Waals surface area contributed by atoms with Crippen LogP contribution in [0.1, 0.15) is 26.3 Å². The molecule has 0 saturated heterocycles. The molecule has 0 atom stereocenters. The van der Waals surface area contributed by atoms with Gasteiger partial charge in [0.05, 0.1) is 0 Å². The van der Waals surface area contributed by atoms with Crippen molar-refractivity contribution in [1.82, 2.24) is 4.72 Å². The number of nitrogens with one attached hydrogen (secondary N) is 1. The summed E-state index contributed by atoms with van der Waals surface area (Å²) in [5, 5.41) is 8.40. The fourth-order valence-corrected chi connectivity index (χ4v) is 2.53. The average Bonchev–Trinajstić information content (AvgIpc) is 2.16. The van der Waals surface area contributed by atoms with Gasteiger partial charge in [-0.05, 0) is 33.9 Å². The molecule has 1 aromatic rings. The third-order valence-electron chi connectivity index (χ3n) is 1.99. The van der Waals surface area contributed by atoms with Gasteiger partial charge in [-0.25, -0.2) is 4.79 Å². The Morgan fingerprint density at radius 2 is 1.81 bits per heavy atom. The van der Waals surface area contributed by atoms with Crippen molar-refractivity contribution < 1.29 is 9.90 Å². The predicted octanol–water partition coefficient (Wildman–Crippen LogP) is 3.91. The average molecular weight is 257 g/mol. The first-order valence-corrected chi connectivity index (χ1v) is 6.97. The van der Waals surface area contributed by atoms with Crippen LogP contribution < -0.4 is 4.72 Å². The highest BCUT2D eigenvalue weighted by atomic mass is 33.1. The topological polar surface area (TPSA) is 49.3 Å². The van der Waals surface area contributed by atoms with Gasteiger partial charge < -0.3 is 5.11 Å². The molecule has 1 aromatic carbocycles. The van der Waals surface area contributed by atoms with E-state index in [1.807, 2.05) is 12.1 Å². The number of benzene rings is 1. The van der Waals surface area contributed by atoms with Crippen molar-refractivity contribution in [3.63, 3.8) is 0 Å². The van der Waals surface area contributed by atoms with Gasteiger partial charge in [-0.3, -0.25) is 4.72 Å². The summed E-state index contributed by atoms with van der Waals surface area (Å²) in [7, 11) is 2.49. The van der Waals surface area contributed by atoms with Gasteiger partial charge in [0.2, 0.25) is 0 Å². The highest BCUT2D eigenvalue weighted by Crippen LogP contribution is 2.30. The minimum absolute atomic E-state index is 0.148. The minimum atomic E-state index is -1.02. The Labute approximate surface area is 104 Å². The second-order valence-corrected chi connectivity index (χ2v) is 6.36. The van der Waals surface area contributed by atoms with Crippen molar-refractivity contribution in [2.75, 3.05) is 0 Å². The minimum Gasteiger partial charge on any atom is -0.464 e. The van der Waals surface area contributed by atoms with Gasteiger partial charge in [0, 0.05) is 15.9 Å². The van der Waals surface area contributed by atoms with Crippen molar-refractivity contribution in [1.29, 1.82) is 0 Å². The van der Waals surface area contributed by atoms with E-state index < -0.39 is 6.09 Å². The normalized spacial score (nSPS) is 11.2. The third kappa shape index (κ3) is 4.37. The fourth-order valence-electron chi connectivity index (χ4n) is 1.12. The molecule has 0 aliphatic rings. The van der Waals surface area contributed by atoms with Gasteiger partial charge in [0.25, 0.3) is 0 Å². The van der Waals surface area contributed by atoms with Crippen LogP contribution in [0.3, 0.4) is 0 Å². The molecule has 0 aromatic heterocycles. The van der Waals surface area contributed by atoms with Crippen LogP contribution in [0, 0.1) is 0 Å². The molecular formula is C11H15NO2S2. The van der Waals surface area contributed by atoms with Crippen molar-refractivity contribution in [2.45, 2.75) is 31.1 Å². The second kappa shape index (κ2) is 5.50. The summed E-state index contributed by atoms with van der Waals surface area (Å²) in [5.74, 6) is 0. The van der Waals surface area contributed by atoms with E-state index in [0.717, 1.165) is 15.9 Å². The summed E-state index contributed by atoms with van der Waals surface area (Å²) in [6.45, 7) is 6.49. The first kappa shape index (κ1) is 13.3. The highest BCUT2D eigenvalue weighted by Gasteiger charge is 2.12. The van der Waals surface area contributed by atoms with E-state index in [1.54, 1.807) is 0 Å². The highest BCUT2D eigenvalue weighted by molar-refractivity contribution is 8.76. The molecule has 16 heavy (non-hydrogen) atoms. The Kier molecular flexibility index (Phi) is 4.56. The van der Waals surface area contributed by atoms with E-state index in [1.165, 1.54) is 16.4 Å². The van der Waals surface area contributed by atoms with Crippen LogP contribution in [-0.4, -0.2) is 11.2 Å². The molecule has 5 heteroatoms. The van der Waals surface area contributed by atoms with Crippen LogP contribution in [0.25, 0.3) is 0 Å². The summed E-state index contributed by atoms with van der Waals surface area (Å²) in [5.41, 5.74) is 1.42. The van der Waals surface area contributed by atoms with Crippen molar-refractivity contribution in [2.24, 2.45) is 0 Å². The third-order valence-corrected chi connectivity index (χ3v) is 3.87. The van der Waals surface area contributed by atoms with Crippen LogP contribution in [0.5, 0.6) is 0 Å². The monoisotopic (exact) mass is 257 g/mol. The van der Waals surface area contributed by atoms with Gasteiger partial charge in [0.15, 0.2) is 0 Å². The SMILES string of the molecule is CC(C)(C)c1ccc(SSNC(=O)O)cc1. The second-order valence-electron chi connectivity index (χ2n) is 4.35. The molecule has 0 spiro atoms. The van der Waals surface area contributed by atoms with Crippen LogP contribution >= 0.6 is 21.8 Å².